The number of benzene rings is 4. The molecule has 0 unspecified atom stereocenters. The number of fused-ring (bicyclic) bond motifs is 5. The van der Waals surface area contributed by atoms with Crippen LogP contribution >= 0.6 is 0 Å². The van der Waals surface area contributed by atoms with Gasteiger partial charge in [0, 0.05) is 6.20 Å². The van der Waals surface area contributed by atoms with Crippen LogP contribution in [0.5, 0.6) is 17.2 Å². The van der Waals surface area contributed by atoms with Gasteiger partial charge in [-0.25, -0.2) is 0 Å². The molecule has 6 nitrogen and oxygen atoms in total. The fraction of sp³-hybridized carbons (Fsp3) is 0.167. The van der Waals surface area contributed by atoms with Gasteiger partial charge in [0.1, 0.15) is 5.75 Å². The van der Waals surface area contributed by atoms with E-state index in [-0.39, 0.29) is 5.41 Å². The van der Waals surface area contributed by atoms with Crippen molar-refractivity contribution in [3.63, 3.8) is 0 Å². The fourth-order valence-electron chi connectivity index (χ4n) is 6.02. The van der Waals surface area contributed by atoms with Crippen molar-refractivity contribution in [3.05, 3.63) is 113 Å². The zero-order chi connectivity index (χ0) is 31.8. The van der Waals surface area contributed by atoms with Gasteiger partial charge in [-0.15, -0.1) is 0 Å². The minimum atomic E-state index is -2.34. The minimum absolute atomic E-state index is 0.000469. The third-order valence-electron chi connectivity index (χ3n) is 8.26. The van der Waals surface area contributed by atoms with Crippen molar-refractivity contribution in [2.75, 3.05) is 6.61 Å². The van der Waals surface area contributed by atoms with Crippen molar-refractivity contribution in [3.8, 4) is 28.8 Å². The molecule has 7 aromatic rings. The van der Waals surface area contributed by atoms with E-state index in [1.54, 1.807) is 6.20 Å². The second-order valence-electron chi connectivity index (χ2n) is 11.4. The predicted octanol–water partition coefficient (Wildman–Crippen LogP) is 7.99. The number of ether oxygens (including phenoxy) is 2. The molecule has 8 rings (SSSR count). The summed E-state index contributed by atoms with van der Waals surface area (Å²) in [6.45, 7) is 2.87. The molecule has 0 atom stereocenters. The Labute approximate surface area is 264 Å². The maximum atomic E-state index is 8.14. The van der Waals surface area contributed by atoms with Gasteiger partial charge in [-0.2, -0.15) is 0 Å². The first-order chi connectivity index (χ1) is 22.1. The molecule has 0 saturated heterocycles. The molecule has 0 amide bonds. The normalized spacial score (nSPS) is 15.6. The number of aryl methyl sites for hydroxylation is 1. The van der Waals surface area contributed by atoms with Crippen molar-refractivity contribution in [2.24, 2.45) is 6.98 Å². The van der Waals surface area contributed by atoms with Gasteiger partial charge in [-0.1, -0.05) is 19.9 Å². The molecule has 7 heteroatoms. The summed E-state index contributed by atoms with van der Waals surface area (Å²) in [6.07, 6.45) is 2.74. The van der Waals surface area contributed by atoms with Gasteiger partial charge < -0.3 is 4.74 Å². The third kappa shape index (κ3) is 4.19. The van der Waals surface area contributed by atoms with E-state index < -0.39 is 6.98 Å². The molecular weight excluding hydrogens is 716 g/mol. The number of rotatable bonds is 4. The number of hydrogen-bond acceptors (Lipinski definition) is 3. The van der Waals surface area contributed by atoms with Gasteiger partial charge in [-0.05, 0) is 23.5 Å². The van der Waals surface area contributed by atoms with Crippen LogP contribution in [0.25, 0.3) is 44.3 Å². The molecule has 0 spiro atoms. The summed E-state index contributed by atoms with van der Waals surface area (Å²) >= 11 is 2.06. The first-order valence-electron chi connectivity index (χ1n) is 15.6. The summed E-state index contributed by atoms with van der Waals surface area (Å²) in [5, 5.41) is 2.14. The maximum absolute atomic E-state index is 8.14. The first-order valence-corrected chi connectivity index (χ1v) is 15.2. The molecule has 3 aromatic heterocycles. The molecule has 1 aliphatic rings. The van der Waals surface area contributed by atoms with Crippen LogP contribution in [0.2, 0.25) is 0 Å². The molecule has 0 aliphatic carbocycles. The van der Waals surface area contributed by atoms with Crippen LogP contribution in [-0.4, -0.2) is 25.3 Å². The van der Waals surface area contributed by atoms with Gasteiger partial charge in [0.2, 0.25) is 0 Å². The van der Waals surface area contributed by atoms with Crippen molar-refractivity contribution in [1.82, 2.24) is 18.7 Å². The van der Waals surface area contributed by atoms with Crippen molar-refractivity contribution < 1.29 is 32.9 Å². The van der Waals surface area contributed by atoms with Crippen LogP contribution in [-0.2, 0) is 31.7 Å². The predicted molar refractivity (Wildman–Crippen MR) is 165 cm³/mol. The van der Waals surface area contributed by atoms with Crippen molar-refractivity contribution in [1.29, 1.82) is 0 Å². The summed E-state index contributed by atoms with van der Waals surface area (Å²) < 4.78 is 42.9. The van der Waals surface area contributed by atoms with Gasteiger partial charge in [0.05, 0.1) is 6.61 Å². The van der Waals surface area contributed by atoms with Crippen LogP contribution in [0.4, 0.5) is 0 Å². The molecule has 0 bridgehead atoms. The Morgan fingerprint density at radius 1 is 0.884 bits per heavy atom. The number of imidazole rings is 1. The zero-order valence-corrected chi connectivity index (χ0v) is 25.8. The van der Waals surface area contributed by atoms with E-state index in [0.29, 0.717) is 33.1 Å². The number of nitrogens with zero attached hydrogens (tertiary/aromatic N) is 4. The number of hydrogen-bond donors (Lipinski definition) is 0. The average Bonchev–Trinajstić information content (AvgIpc) is 3.51. The quantitative estimate of drug-likeness (QED) is 0.172. The Kier molecular flexibility index (Phi) is 5.27. The Balaban J connectivity index is 1.26. The molecule has 0 saturated carbocycles. The number of para-hydroxylation sites is 2. The van der Waals surface area contributed by atoms with E-state index in [1.165, 1.54) is 10.1 Å². The summed E-state index contributed by atoms with van der Waals surface area (Å²) in [6, 6.07) is 34.2. The third-order valence-corrected chi connectivity index (χ3v) is 9.28. The Morgan fingerprint density at radius 2 is 1.72 bits per heavy atom. The molecule has 0 fully saturated rings. The van der Waals surface area contributed by atoms with Crippen LogP contribution in [0, 0.1) is 15.9 Å². The van der Waals surface area contributed by atoms with E-state index >= 15 is 0 Å². The van der Waals surface area contributed by atoms with Crippen LogP contribution in [0.3, 0.4) is 0 Å². The summed E-state index contributed by atoms with van der Waals surface area (Å²) in [5.41, 5.74) is 5.07. The van der Waals surface area contributed by atoms with Gasteiger partial charge in [0.25, 0.3) is 0 Å². The molecular formula is C36H28N4O2Pt-2. The van der Waals surface area contributed by atoms with Crippen LogP contribution < -0.4 is 9.47 Å². The van der Waals surface area contributed by atoms with Crippen LogP contribution in [0.1, 0.15) is 29.9 Å². The molecule has 4 heterocycles. The van der Waals surface area contributed by atoms with E-state index in [2.05, 4.69) is 73.1 Å². The van der Waals surface area contributed by atoms with E-state index in [9.17, 15) is 0 Å². The van der Waals surface area contributed by atoms with Crippen LogP contribution in [0.15, 0.2) is 91.1 Å². The van der Waals surface area contributed by atoms with Gasteiger partial charge >= 0.3 is 198 Å². The zero-order valence-electron chi connectivity index (χ0n) is 26.5. The molecule has 1 aliphatic heterocycles. The molecule has 0 N–H and O–H groups in total. The Hall–Kier alpha value is -4.41. The average molecular weight is 747 g/mol. The van der Waals surface area contributed by atoms with Crippen molar-refractivity contribution in [2.45, 2.75) is 25.7 Å². The second-order valence-corrected chi connectivity index (χ2v) is 12.4. The molecule has 216 valence electrons. The SMILES string of the molecule is [2H]C([2H])([2H])n1[c](=[Pt])n(-c2[c-]c(Oc3[c-]c4c(cc3)c3cc5c(cc3n4-c3ccccn3)OCCC5(C)C)ccc2)c2ccccc21. The molecule has 4 aromatic carbocycles. The number of aromatic nitrogens is 4. The Bertz CT molecular complexity index is 2370. The fourth-order valence-corrected chi connectivity index (χ4v) is 6.84. The van der Waals surface area contributed by atoms with Gasteiger partial charge in [-0.3, -0.25) is 0 Å². The molecule has 43 heavy (non-hydrogen) atoms. The summed E-state index contributed by atoms with van der Waals surface area (Å²) in [7, 11) is 0. The second kappa shape index (κ2) is 9.82. The van der Waals surface area contributed by atoms with E-state index in [1.807, 2.05) is 71.3 Å². The molecule has 0 radical (unpaired) electrons. The monoisotopic (exact) mass is 746 g/mol. The topological polar surface area (TPSA) is 46.1 Å². The van der Waals surface area contributed by atoms with E-state index in [4.69, 9.17) is 13.6 Å². The Morgan fingerprint density at radius 3 is 2.56 bits per heavy atom. The van der Waals surface area contributed by atoms with Crippen molar-refractivity contribution >= 4 is 32.8 Å². The first kappa shape index (κ1) is 23.1. The number of pyridine rings is 1. The van der Waals surface area contributed by atoms with E-state index in [0.717, 1.165) is 45.3 Å². The standard InChI is InChI=1S/C36H28N4O2.Pt/c1-36(2)16-18-41-34-22-33-28(21-29(34)36)27-15-14-26(20-32(27)40(33)35-13-6-7-17-37-35)42-25-10-8-9-24(19-25)39-23-38(3)30-11-4-5-12-31(30)39;/h4-15,17,21-22H,16,18H2,1-3H3;/q-2;/i3D3;. The van der Waals surface area contributed by atoms with Gasteiger partial charge in [0.15, 0.2) is 0 Å². The summed E-state index contributed by atoms with van der Waals surface area (Å²) in [4.78, 5) is 4.68. The summed E-state index contributed by atoms with van der Waals surface area (Å²) in [5.74, 6) is 2.68.